The Bertz CT molecular complexity index is 346. The van der Waals surface area contributed by atoms with Crippen molar-refractivity contribution in [2.45, 2.75) is 22.5 Å². The average molecular weight is 384 g/mol. The van der Waals surface area contributed by atoms with Crippen molar-refractivity contribution in [3.8, 4) is 0 Å². The van der Waals surface area contributed by atoms with Gasteiger partial charge in [-0.2, -0.15) is 0 Å². The Morgan fingerprint density at radius 1 is 1.06 bits per heavy atom. The molecule has 0 saturated heterocycles. The summed E-state index contributed by atoms with van der Waals surface area (Å²) in [6.45, 7) is 0.426. The minimum atomic E-state index is -0.151. The van der Waals surface area contributed by atoms with E-state index < -0.39 is 0 Å². The van der Waals surface area contributed by atoms with Crippen molar-refractivity contribution in [1.82, 2.24) is 0 Å². The second kappa shape index (κ2) is 6.47. The second-order valence-corrected chi connectivity index (χ2v) is 5.99. The first kappa shape index (κ1) is 13.7. The molecular formula is C11H12Br2O5. The SMILES string of the molecule is O=C(CC(Br)C1=COCO1)CC(Br)C1=COCO1. The van der Waals surface area contributed by atoms with Gasteiger partial charge in [0.25, 0.3) is 0 Å². The van der Waals surface area contributed by atoms with Gasteiger partial charge in [0, 0.05) is 12.8 Å². The third-order valence-electron chi connectivity index (χ3n) is 2.42. The molecule has 0 amide bonds. The van der Waals surface area contributed by atoms with Crippen molar-refractivity contribution in [2.75, 3.05) is 13.6 Å². The number of hydrogen-bond donors (Lipinski definition) is 0. The predicted octanol–water partition coefficient (Wildman–Crippen LogP) is 2.55. The zero-order valence-electron chi connectivity index (χ0n) is 9.43. The summed E-state index contributed by atoms with van der Waals surface area (Å²) in [5.74, 6) is 1.38. The fourth-order valence-corrected chi connectivity index (χ4v) is 2.72. The highest BCUT2D eigenvalue weighted by Gasteiger charge is 2.24. The van der Waals surface area contributed by atoms with Gasteiger partial charge in [0.15, 0.2) is 0 Å². The number of carbonyl (C=O) groups is 1. The van der Waals surface area contributed by atoms with Gasteiger partial charge in [0.1, 0.15) is 29.8 Å². The monoisotopic (exact) mass is 382 g/mol. The zero-order chi connectivity index (χ0) is 13.0. The largest absolute Gasteiger partial charge is 0.462 e. The number of alkyl halides is 2. The molecule has 2 unspecified atom stereocenters. The van der Waals surface area contributed by atoms with Crippen LogP contribution in [-0.4, -0.2) is 29.0 Å². The molecule has 2 aliphatic rings. The van der Waals surface area contributed by atoms with Crippen LogP contribution in [0.5, 0.6) is 0 Å². The first-order chi connectivity index (χ1) is 8.66. The Morgan fingerprint density at radius 2 is 1.50 bits per heavy atom. The van der Waals surface area contributed by atoms with Gasteiger partial charge < -0.3 is 18.9 Å². The third kappa shape index (κ3) is 3.65. The summed E-state index contributed by atoms with van der Waals surface area (Å²) in [5, 5.41) is 0. The van der Waals surface area contributed by atoms with Crippen LogP contribution in [0.1, 0.15) is 12.8 Å². The fourth-order valence-electron chi connectivity index (χ4n) is 1.52. The number of ketones is 1. The Labute approximate surface area is 121 Å². The maximum atomic E-state index is 11.9. The van der Waals surface area contributed by atoms with E-state index in [1.807, 2.05) is 0 Å². The first-order valence-corrected chi connectivity index (χ1v) is 7.18. The van der Waals surface area contributed by atoms with Gasteiger partial charge in [-0.15, -0.1) is 0 Å². The van der Waals surface area contributed by atoms with E-state index >= 15 is 0 Å². The molecule has 2 heterocycles. The van der Waals surface area contributed by atoms with E-state index in [-0.39, 0.29) is 29.0 Å². The number of carbonyl (C=O) groups excluding carboxylic acids is 1. The minimum Gasteiger partial charge on any atom is -0.462 e. The predicted molar refractivity (Wildman–Crippen MR) is 69.9 cm³/mol. The Kier molecular flexibility index (Phi) is 4.94. The standard InChI is InChI=1S/C11H12Br2O5/c12-8(10-3-15-5-17-10)1-7(14)2-9(13)11-4-16-6-18-11/h3-4,8-9H,1-2,5-6H2. The van der Waals surface area contributed by atoms with Crippen LogP contribution >= 0.6 is 31.9 Å². The van der Waals surface area contributed by atoms with Gasteiger partial charge >= 0.3 is 0 Å². The van der Waals surface area contributed by atoms with Gasteiger partial charge in [-0.1, -0.05) is 31.9 Å². The van der Waals surface area contributed by atoms with E-state index in [9.17, 15) is 4.79 Å². The van der Waals surface area contributed by atoms with Crippen molar-refractivity contribution < 1.29 is 23.7 Å². The van der Waals surface area contributed by atoms with E-state index in [1.165, 1.54) is 12.5 Å². The van der Waals surface area contributed by atoms with Crippen LogP contribution in [0.3, 0.4) is 0 Å². The van der Waals surface area contributed by atoms with Crippen LogP contribution < -0.4 is 0 Å². The molecule has 0 aliphatic carbocycles. The molecular weight excluding hydrogens is 372 g/mol. The molecule has 2 atom stereocenters. The topological polar surface area (TPSA) is 54.0 Å². The minimum absolute atomic E-state index is 0.0894. The smallest absolute Gasteiger partial charge is 0.229 e. The summed E-state index contributed by atoms with van der Waals surface area (Å²) < 4.78 is 20.3. The molecule has 0 aromatic carbocycles. The third-order valence-corrected chi connectivity index (χ3v) is 3.97. The summed E-state index contributed by atoms with van der Waals surface area (Å²) in [6.07, 6.45) is 3.72. The van der Waals surface area contributed by atoms with Crippen LogP contribution in [-0.2, 0) is 23.7 Å². The molecule has 0 fully saturated rings. The molecule has 0 aromatic rings. The summed E-state index contributed by atoms with van der Waals surface area (Å²) in [5.41, 5.74) is 0. The summed E-state index contributed by atoms with van der Waals surface area (Å²) >= 11 is 6.80. The highest BCUT2D eigenvalue weighted by Crippen LogP contribution is 2.25. The van der Waals surface area contributed by atoms with Crippen LogP contribution in [0.2, 0.25) is 0 Å². The number of rotatable bonds is 6. The lowest BCUT2D eigenvalue weighted by atomic mass is 10.1. The molecule has 2 aliphatic heterocycles. The first-order valence-electron chi connectivity index (χ1n) is 5.35. The van der Waals surface area contributed by atoms with Crippen LogP contribution in [0.25, 0.3) is 0 Å². The highest BCUT2D eigenvalue weighted by atomic mass is 79.9. The molecule has 0 saturated carbocycles. The Balaban J connectivity index is 1.77. The zero-order valence-corrected chi connectivity index (χ0v) is 12.6. The maximum absolute atomic E-state index is 11.9. The van der Waals surface area contributed by atoms with Gasteiger partial charge in [-0.3, -0.25) is 4.79 Å². The number of halogens is 2. The number of allylic oxidation sites excluding steroid dienone is 2. The lowest BCUT2D eigenvalue weighted by Crippen LogP contribution is -2.15. The Morgan fingerprint density at radius 3 is 1.83 bits per heavy atom. The van der Waals surface area contributed by atoms with Crippen LogP contribution in [0.4, 0.5) is 0 Å². The maximum Gasteiger partial charge on any atom is 0.229 e. The van der Waals surface area contributed by atoms with Gasteiger partial charge in [0.05, 0.1) is 9.65 Å². The molecule has 2 rings (SSSR count). The lowest BCUT2D eigenvalue weighted by Gasteiger charge is -2.11. The van der Waals surface area contributed by atoms with Crippen molar-refractivity contribution in [2.24, 2.45) is 0 Å². The molecule has 18 heavy (non-hydrogen) atoms. The highest BCUT2D eigenvalue weighted by molar-refractivity contribution is 9.10. The fraction of sp³-hybridized carbons (Fsp3) is 0.545. The molecule has 100 valence electrons. The van der Waals surface area contributed by atoms with E-state index in [0.717, 1.165) is 0 Å². The van der Waals surface area contributed by atoms with E-state index in [0.29, 0.717) is 24.4 Å². The molecule has 0 radical (unpaired) electrons. The summed E-state index contributed by atoms with van der Waals surface area (Å²) in [4.78, 5) is 11.6. The summed E-state index contributed by atoms with van der Waals surface area (Å²) in [7, 11) is 0. The number of Topliss-reactive ketones (excluding diaryl/α,β-unsaturated/α-hetero) is 1. The van der Waals surface area contributed by atoms with Gasteiger partial charge in [-0.05, 0) is 0 Å². The van der Waals surface area contributed by atoms with E-state index in [4.69, 9.17) is 18.9 Å². The van der Waals surface area contributed by atoms with E-state index in [2.05, 4.69) is 31.9 Å². The summed E-state index contributed by atoms with van der Waals surface area (Å²) in [6, 6.07) is 0. The number of hydrogen-bond acceptors (Lipinski definition) is 5. The quantitative estimate of drug-likeness (QED) is 0.660. The average Bonchev–Trinajstić information content (AvgIpc) is 3.02. The van der Waals surface area contributed by atoms with Crippen molar-refractivity contribution in [1.29, 1.82) is 0 Å². The Hall–Kier alpha value is -0.690. The van der Waals surface area contributed by atoms with E-state index in [1.54, 1.807) is 0 Å². The lowest BCUT2D eigenvalue weighted by molar-refractivity contribution is -0.119. The van der Waals surface area contributed by atoms with Gasteiger partial charge in [-0.25, -0.2) is 0 Å². The van der Waals surface area contributed by atoms with Gasteiger partial charge in [0.2, 0.25) is 13.6 Å². The normalized spacial score (nSPS) is 20.8. The molecule has 0 aromatic heterocycles. The van der Waals surface area contributed by atoms with Crippen LogP contribution in [0.15, 0.2) is 24.0 Å². The second-order valence-electron chi connectivity index (χ2n) is 3.78. The van der Waals surface area contributed by atoms with Crippen molar-refractivity contribution in [3.05, 3.63) is 24.0 Å². The molecule has 0 bridgehead atoms. The molecule has 7 heteroatoms. The van der Waals surface area contributed by atoms with Crippen LogP contribution in [0, 0.1) is 0 Å². The molecule has 0 spiro atoms. The molecule has 0 N–H and O–H groups in total. The van der Waals surface area contributed by atoms with Crippen molar-refractivity contribution >= 4 is 37.6 Å². The number of ether oxygens (including phenoxy) is 4. The van der Waals surface area contributed by atoms with Crippen molar-refractivity contribution in [3.63, 3.8) is 0 Å². The molecule has 5 nitrogen and oxygen atoms in total.